The molecular formula is C16H19N5. The molecule has 5 nitrogen and oxygen atoms in total. The van der Waals surface area contributed by atoms with Crippen molar-refractivity contribution in [1.29, 1.82) is 0 Å². The lowest BCUT2D eigenvalue weighted by Gasteiger charge is -2.08. The zero-order valence-electron chi connectivity index (χ0n) is 12.3. The predicted molar refractivity (Wildman–Crippen MR) is 85.3 cm³/mol. The number of benzene rings is 1. The molecule has 5 heteroatoms. The van der Waals surface area contributed by atoms with Crippen LogP contribution in [0.3, 0.4) is 0 Å². The number of nitrogens with zero attached hydrogens (tertiary/aromatic N) is 3. The van der Waals surface area contributed by atoms with Crippen molar-refractivity contribution in [2.24, 2.45) is 0 Å². The summed E-state index contributed by atoms with van der Waals surface area (Å²) >= 11 is 0. The van der Waals surface area contributed by atoms with Crippen LogP contribution in [-0.4, -0.2) is 26.7 Å². The number of rotatable bonds is 5. The molecule has 0 aliphatic rings. The average Bonchev–Trinajstić information content (AvgIpc) is 3.00. The van der Waals surface area contributed by atoms with Gasteiger partial charge in [0.1, 0.15) is 0 Å². The van der Waals surface area contributed by atoms with Gasteiger partial charge in [0, 0.05) is 12.1 Å². The van der Waals surface area contributed by atoms with Gasteiger partial charge in [-0.05, 0) is 18.4 Å². The summed E-state index contributed by atoms with van der Waals surface area (Å²) in [6.45, 7) is 5.13. The van der Waals surface area contributed by atoms with Gasteiger partial charge in [0.25, 0.3) is 0 Å². The van der Waals surface area contributed by atoms with E-state index < -0.39 is 0 Å². The van der Waals surface area contributed by atoms with Gasteiger partial charge in [-0.3, -0.25) is 5.10 Å². The number of aromatic nitrogens is 4. The molecule has 0 amide bonds. The van der Waals surface area contributed by atoms with Crippen LogP contribution >= 0.6 is 0 Å². The minimum absolute atomic E-state index is 0.642. The minimum atomic E-state index is 0.642. The Morgan fingerprint density at radius 3 is 2.62 bits per heavy atom. The van der Waals surface area contributed by atoms with E-state index in [0.29, 0.717) is 5.95 Å². The summed E-state index contributed by atoms with van der Waals surface area (Å²) in [7, 11) is 0. The first-order valence-electron chi connectivity index (χ1n) is 7.36. The average molecular weight is 281 g/mol. The van der Waals surface area contributed by atoms with Crippen LogP contribution in [0.1, 0.15) is 25.8 Å². The summed E-state index contributed by atoms with van der Waals surface area (Å²) < 4.78 is 0. The van der Waals surface area contributed by atoms with Gasteiger partial charge >= 0.3 is 0 Å². The highest BCUT2D eigenvalue weighted by molar-refractivity contribution is 5.90. The largest absolute Gasteiger partial charge is 0.354 e. The second kappa shape index (κ2) is 5.91. The van der Waals surface area contributed by atoms with Crippen LogP contribution in [0.2, 0.25) is 0 Å². The van der Waals surface area contributed by atoms with Crippen molar-refractivity contribution in [3.8, 4) is 11.3 Å². The van der Waals surface area contributed by atoms with Crippen molar-refractivity contribution < 1.29 is 0 Å². The topological polar surface area (TPSA) is 66.5 Å². The van der Waals surface area contributed by atoms with E-state index in [9.17, 15) is 0 Å². The van der Waals surface area contributed by atoms with Crippen molar-refractivity contribution in [2.45, 2.75) is 26.7 Å². The van der Waals surface area contributed by atoms with Crippen molar-refractivity contribution >= 4 is 17.0 Å². The van der Waals surface area contributed by atoms with Gasteiger partial charge in [-0.15, -0.1) is 0 Å². The molecule has 0 fully saturated rings. The van der Waals surface area contributed by atoms with E-state index in [1.807, 2.05) is 0 Å². The monoisotopic (exact) mass is 281 g/mol. The molecule has 0 radical (unpaired) electrons. The Kier molecular flexibility index (Phi) is 3.81. The van der Waals surface area contributed by atoms with E-state index in [4.69, 9.17) is 0 Å². The number of nitrogens with one attached hydrogen (secondary N) is 2. The fourth-order valence-corrected chi connectivity index (χ4v) is 2.27. The maximum atomic E-state index is 4.65. The molecule has 0 aliphatic heterocycles. The summed E-state index contributed by atoms with van der Waals surface area (Å²) in [5.74, 6) is 0.642. The lowest BCUT2D eigenvalue weighted by Crippen LogP contribution is -2.05. The summed E-state index contributed by atoms with van der Waals surface area (Å²) in [6.07, 6.45) is 3.85. The Hall–Kier alpha value is -2.43. The number of fused-ring (bicyclic) bond motifs is 1. The van der Waals surface area contributed by atoms with Crippen LogP contribution in [0.5, 0.6) is 0 Å². The third kappa shape index (κ3) is 2.72. The van der Waals surface area contributed by atoms with Crippen molar-refractivity contribution in [3.63, 3.8) is 0 Å². The molecule has 0 atom stereocenters. The molecule has 0 aliphatic carbocycles. The van der Waals surface area contributed by atoms with Gasteiger partial charge in [-0.2, -0.15) is 10.1 Å². The van der Waals surface area contributed by atoms with Gasteiger partial charge < -0.3 is 5.32 Å². The molecule has 108 valence electrons. The van der Waals surface area contributed by atoms with Crippen LogP contribution in [-0.2, 0) is 6.42 Å². The fourth-order valence-electron chi connectivity index (χ4n) is 2.27. The molecule has 0 saturated heterocycles. The fraction of sp³-hybridized carbons (Fsp3) is 0.312. The van der Waals surface area contributed by atoms with Crippen LogP contribution in [0, 0.1) is 0 Å². The maximum Gasteiger partial charge on any atom is 0.225 e. The van der Waals surface area contributed by atoms with E-state index in [2.05, 4.69) is 63.6 Å². The lowest BCUT2D eigenvalue weighted by molar-refractivity contribution is 0.955. The smallest absolute Gasteiger partial charge is 0.225 e. The summed E-state index contributed by atoms with van der Waals surface area (Å²) in [5.41, 5.74) is 4.08. The van der Waals surface area contributed by atoms with Crippen molar-refractivity contribution in [3.05, 3.63) is 36.0 Å². The third-order valence-corrected chi connectivity index (χ3v) is 3.48. The quantitative estimate of drug-likeness (QED) is 0.752. The Morgan fingerprint density at radius 2 is 1.90 bits per heavy atom. The minimum Gasteiger partial charge on any atom is -0.354 e. The highest BCUT2D eigenvalue weighted by Gasteiger charge is 2.11. The molecule has 3 rings (SSSR count). The Balaban J connectivity index is 2.07. The first kappa shape index (κ1) is 13.5. The Morgan fingerprint density at radius 1 is 1.10 bits per heavy atom. The molecule has 0 unspecified atom stereocenters. The molecule has 0 spiro atoms. The second-order valence-corrected chi connectivity index (χ2v) is 5.01. The Bertz CT molecular complexity index is 730. The molecule has 21 heavy (non-hydrogen) atoms. The maximum absolute atomic E-state index is 4.65. The second-order valence-electron chi connectivity index (χ2n) is 5.01. The van der Waals surface area contributed by atoms with E-state index in [0.717, 1.165) is 41.7 Å². The van der Waals surface area contributed by atoms with Gasteiger partial charge in [0.15, 0.2) is 5.65 Å². The van der Waals surface area contributed by atoms with E-state index in [1.54, 1.807) is 6.20 Å². The van der Waals surface area contributed by atoms with Crippen LogP contribution in [0.4, 0.5) is 5.95 Å². The number of aryl methyl sites for hydroxylation is 1. The molecule has 3 aromatic rings. The van der Waals surface area contributed by atoms with Gasteiger partial charge in [-0.25, -0.2) is 4.98 Å². The first-order chi connectivity index (χ1) is 10.3. The van der Waals surface area contributed by atoms with Crippen LogP contribution < -0.4 is 5.32 Å². The number of aromatic amines is 1. The zero-order chi connectivity index (χ0) is 14.7. The molecule has 0 saturated carbocycles. The summed E-state index contributed by atoms with van der Waals surface area (Å²) in [5, 5.41) is 11.2. The predicted octanol–water partition coefficient (Wildman–Crippen LogP) is 3.40. The van der Waals surface area contributed by atoms with Crippen LogP contribution in [0.25, 0.3) is 22.3 Å². The number of anilines is 1. The van der Waals surface area contributed by atoms with Crippen molar-refractivity contribution in [1.82, 2.24) is 20.2 Å². The summed E-state index contributed by atoms with van der Waals surface area (Å²) in [6, 6.07) is 8.50. The highest BCUT2D eigenvalue weighted by atomic mass is 15.2. The van der Waals surface area contributed by atoms with Gasteiger partial charge in [0.05, 0.1) is 17.3 Å². The zero-order valence-corrected chi connectivity index (χ0v) is 12.3. The normalized spacial score (nSPS) is 11.0. The highest BCUT2D eigenvalue weighted by Crippen LogP contribution is 2.26. The van der Waals surface area contributed by atoms with E-state index in [-0.39, 0.29) is 0 Å². The van der Waals surface area contributed by atoms with Crippen LogP contribution in [0.15, 0.2) is 30.5 Å². The van der Waals surface area contributed by atoms with E-state index >= 15 is 0 Å². The Labute approximate surface area is 123 Å². The molecule has 0 bridgehead atoms. The SMILES string of the molecule is CCCNc1nc(-c2ccc(CC)cc2)c2cn[nH]c2n1. The summed E-state index contributed by atoms with van der Waals surface area (Å²) in [4.78, 5) is 9.11. The molecule has 1 aromatic carbocycles. The standard InChI is InChI=1S/C16H19N5/c1-3-9-17-16-19-14(13-10-18-21-15(13)20-16)12-7-5-11(4-2)6-8-12/h5-8,10H,3-4,9H2,1-2H3,(H2,17,18,19,20,21). The molecular weight excluding hydrogens is 262 g/mol. The molecule has 2 heterocycles. The number of hydrogen-bond acceptors (Lipinski definition) is 4. The third-order valence-electron chi connectivity index (χ3n) is 3.48. The molecule has 2 N–H and O–H groups in total. The number of H-pyrrole nitrogens is 1. The first-order valence-corrected chi connectivity index (χ1v) is 7.36. The molecule has 2 aromatic heterocycles. The van der Waals surface area contributed by atoms with Crippen molar-refractivity contribution in [2.75, 3.05) is 11.9 Å². The van der Waals surface area contributed by atoms with E-state index in [1.165, 1.54) is 5.56 Å². The van der Waals surface area contributed by atoms with Gasteiger partial charge in [-0.1, -0.05) is 38.1 Å². The van der Waals surface area contributed by atoms with Gasteiger partial charge in [0.2, 0.25) is 5.95 Å². The number of hydrogen-bond donors (Lipinski definition) is 2. The lowest BCUT2D eigenvalue weighted by atomic mass is 10.1.